The normalized spacial score (nSPS) is 13.7. The van der Waals surface area contributed by atoms with Crippen LogP contribution in [0.5, 0.6) is 0 Å². The summed E-state index contributed by atoms with van der Waals surface area (Å²) >= 11 is 0. The Bertz CT molecular complexity index is 661. The number of nitrogens with zero attached hydrogens (tertiary/aromatic N) is 1. The van der Waals surface area contributed by atoms with Crippen molar-refractivity contribution in [2.75, 3.05) is 0 Å². The average molecular weight is 286 g/mol. The summed E-state index contributed by atoms with van der Waals surface area (Å²) in [4.78, 5) is 11.0. The number of aryl methyl sites for hydroxylation is 1. The summed E-state index contributed by atoms with van der Waals surface area (Å²) in [5, 5.41) is 9.28. The molecule has 1 atom stereocenters. The van der Waals surface area contributed by atoms with Crippen molar-refractivity contribution in [3.05, 3.63) is 35.5 Å². The number of hydrogen-bond acceptors (Lipinski definition) is 2. The molecule has 0 bridgehead atoms. The standard InChI is InChI=1S/C13H13F3N2O2/c1-2-18-9(10(17)12(19)20)6-7-4-3-5-8(11(7)18)13(14,15)16/h3-6,10H,2,17H2,1H3,(H,19,20). The van der Waals surface area contributed by atoms with Gasteiger partial charge in [0.15, 0.2) is 0 Å². The third kappa shape index (κ3) is 2.24. The van der Waals surface area contributed by atoms with Gasteiger partial charge in [-0.2, -0.15) is 13.2 Å². The number of benzene rings is 1. The first-order valence-electron chi connectivity index (χ1n) is 5.95. The van der Waals surface area contributed by atoms with Gasteiger partial charge in [-0.3, -0.25) is 4.79 Å². The third-order valence-corrected chi connectivity index (χ3v) is 3.16. The number of aliphatic carboxylic acids is 1. The third-order valence-electron chi connectivity index (χ3n) is 3.16. The lowest BCUT2D eigenvalue weighted by atomic mass is 10.1. The molecule has 0 aliphatic heterocycles. The number of nitrogens with two attached hydrogens (primary N) is 1. The van der Waals surface area contributed by atoms with Gasteiger partial charge in [0.05, 0.1) is 11.1 Å². The molecule has 7 heteroatoms. The van der Waals surface area contributed by atoms with Gasteiger partial charge in [-0.1, -0.05) is 12.1 Å². The van der Waals surface area contributed by atoms with Gasteiger partial charge in [0, 0.05) is 17.6 Å². The van der Waals surface area contributed by atoms with E-state index in [0.717, 1.165) is 6.07 Å². The van der Waals surface area contributed by atoms with E-state index in [0.29, 0.717) is 5.39 Å². The summed E-state index contributed by atoms with van der Waals surface area (Å²) in [6.45, 7) is 1.84. The molecule has 0 radical (unpaired) electrons. The van der Waals surface area contributed by atoms with Crippen LogP contribution in [0.2, 0.25) is 0 Å². The molecule has 3 N–H and O–H groups in total. The van der Waals surface area contributed by atoms with E-state index >= 15 is 0 Å². The van der Waals surface area contributed by atoms with Crippen molar-refractivity contribution < 1.29 is 23.1 Å². The Hall–Kier alpha value is -2.02. The molecule has 1 heterocycles. The molecule has 1 unspecified atom stereocenters. The Morgan fingerprint density at radius 2 is 2.10 bits per heavy atom. The first kappa shape index (κ1) is 14.4. The van der Waals surface area contributed by atoms with Gasteiger partial charge in [-0.25, -0.2) is 0 Å². The summed E-state index contributed by atoms with van der Waals surface area (Å²) < 4.78 is 40.4. The first-order chi connectivity index (χ1) is 9.27. The van der Waals surface area contributed by atoms with Crippen LogP contribution < -0.4 is 5.73 Å². The predicted molar refractivity (Wildman–Crippen MR) is 67.2 cm³/mol. The van der Waals surface area contributed by atoms with Crippen molar-refractivity contribution in [3.63, 3.8) is 0 Å². The lowest BCUT2D eigenvalue weighted by Gasteiger charge is -2.14. The lowest BCUT2D eigenvalue weighted by molar-refractivity contribution is -0.138. The minimum Gasteiger partial charge on any atom is -0.480 e. The summed E-state index contributed by atoms with van der Waals surface area (Å²) in [7, 11) is 0. The molecule has 0 amide bonds. The van der Waals surface area contributed by atoms with Gasteiger partial charge >= 0.3 is 12.1 Å². The zero-order valence-corrected chi connectivity index (χ0v) is 10.6. The number of alkyl halides is 3. The Balaban J connectivity index is 2.80. The Labute approximate surface area is 112 Å². The van der Waals surface area contributed by atoms with Crippen LogP contribution >= 0.6 is 0 Å². The molecule has 0 aliphatic carbocycles. The monoisotopic (exact) mass is 286 g/mol. The maximum Gasteiger partial charge on any atom is 0.418 e. The Morgan fingerprint density at radius 1 is 1.45 bits per heavy atom. The molecule has 108 valence electrons. The zero-order chi connectivity index (χ0) is 15.1. The summed E-state index contributed by atoms with van der Waals surface area (Å²) in [6.07, 6.45) is -4.50. The molecule has 0 fully saturated rings. The molecule has 0 saturated heterocycles. The van der Waals surface area contributed by atoms with Crippen molar-refractivity contribution in [1.29, 1.82) is 0 Å². The fraction of sp³-hybridized carbons (Fsp3) is 0.308. The molecule has 0 spiro atoms. The van der Waals surface area contributed by atoms with Gasteiger partial charge in [0.25, 0.3) is 0 Å². The number of para-hydroxylation sites is 1. The minimum atomic E-state index is -4.50. The maximum atomic E-state index is 13.0. The summed E-state index contributed by atoms with van der Waals surface area (Å²) in [6, 6.07) is 3.82. The number of hydrogen-bond donors (Lipinski definition) is 2. The van der Waals surface area contributed by atoms with E-state index in [-0.39, 0.29) is 17.8 Å². The highest BCUT2D eigenvalue weighted by atomic mass is 19.4. The SMILES string of the molecule is CCn1c(C(N)C(=O)O)cc2cccc(C(F)(F)F)c21. The van der Waals surface area contributed by atoms with Gasteiger partial charge in [0.1, 0.15) is 6.04 Å². The number of halogens is 3. The molecule has 1 aromatic carbocycles. The Morgan fingerprint density at radius 3 is 2.60 bits per heavy atom. The number of carboxylic acid groups (broad SMARTS) is 1. The van der Waals surface area contributed by atoms with Crippen LogP contribution in [0.3, 0.4) is 0 Å². The number of carboxylic acids is 1. The van der Waals surface area contributed by atoms with Crippen LogP contribution in [-0.4, -0.2) is 15.6 Å². The van der Waals surface area contributed by atoms with Crippen molar-refractivity contribution in [2.45, 2.75) is 25.7 Å². The quantitative estimate of drug-likeness (QED) is 0.911. The van der Waals surface area contributed by atoms with E-state index < -0.39 is 23.8 Å². The highest BCUT2D eigenvalue weighted by Crippen LogP contribution is 2.36. The van der Waals surface area contributed by atoms with Gasteiger partial charge in [0.2, 0.25) is 0 Å². The number of fused-ring (bicyclic) bond motifs is 1. The molecule has 4 nitrogen and oxygen atoms in total. The number of carbonyl (C=O) groups is 1. The highest BCUT2D eigenvalue weighted by Gasteiger charge is 2.34. The molecule has 2 aromatic rings. The van der Waals surface area contributed by atoms with Crippen LogP contribution in [0.4, 0.5) is 13.2 Å². The van der Waals surface area contributed by atoms with Crippen LogP contribution in [-0.2, 0) is 17.5 Å². The van der Waals surface area contributed by atoms with Crippen LogP contribution in [0, 0.1) is 0 Å². The van der Waals surface area contributed by atoms with Crippen molar-refractivity contribution in [1.82, 2.24) is 4.57 Å². The van der Waals surface area contributed by atoms with Crippen LogP contribution in [0.1, 0.15) is 24.2 Å². The fourth-order valence-corrected chi connectivity index (χ4v) is 2.30. The molecule has 2 rings (SSSR count). The second-order valence-corrected chi connectivity index (χ2v) is 4.37. The average Bonchev–Trinajstić information content (AvgIpc) is 2.74. The molecular formula is C13H13F3N2O2. The molecule has 0 saturated carbocycles. The van der Waals surface area contributed by atoms with Crippen LogP contribution in [0.15, 0.2) is 24.3 Å². The van der Waals surface area contributed by atoms with Gasteiger partial charge < -0.3 is 15.4 Å². The van der Waals surface area contributed by atoms with Crippen LogP contribution in [0.25, 0.3) is 10.9 Å². The second-order valence-electron chi connectivity index (χ2n) is 4.37. The van der Waals surface area contributed by atoms with Crippen molar-refractivity contribution in [2.24, 2.45) is 5.73 Å². The first-order valence-corrected chi connectivity index (χ1v) is 5.95. The smallest absolute Gasteiger partial charge is 0.418 e. The van der Waals surface area contributed by atoms with Crippen molar-refractivity contribution >= 4 is 16.9 Å². The maximum absolute atomic E-state index is 13.0. The second kappa shape index (κ2) is 4.82. The Kier molecular flexibility index (Phi) is 3.47. The zero-order valence-electron chi connectivity index (χ0n) is 10.6. The summed E-state index contributed by atoms with van der Waals surface area (Å²) in [5.74, 6) is -1.28. The van der Waals surface area contributed by atoms with Gasteiger partial charge in [-0.15, -0.1) is 0 Å². The van der Waals surface area contributed by atoms with Gasteiger partial charge in [-0.05, 0) is 19.1 Å². The topological polar surface area (TPSA) is 68.2 Å². The van der Waals surface area contributed by atoms with E-state index in [4.69, 9.17) is 10.8 Å². The largest absolute Gasteiger partial charge is 0.480 e. The van der Waals surface area contributed by atoms with E-state index in [1.54, 1.807) is 6.92 Å². The molecule has 1 aromatic heterocycles. The lowest BCUT2D eigenvalue weighted by Crippen LogP contribution is -2.23. The van der Waals surface area contributed by atoms with Crippen molar-refractivity contribution in [3.8, 4) is 0 Å². The fourth-order valence-electron chi connectivity index (χ4n) is 2.30. The predicted octanol–water partition coefficient (Wildman–Crippen LogP) is 2.76. The molecular weight excluding hydrogens is 273 g/mol. The minimum absolute atomic E-state index is 0.0331. The van der Waals surface area contributed by atoms with E-state index in [2.05, 4.69) is 0 Å². The number of aromatic nitrogens is 1. The molecule has 20 heavy (non-hydrogen) atoms. The molecule has 0 aliphatic rings. The number of rotatable bonds is 3. The van der Waals surface area contributed by atoms with E-state index in [1.807, 2.05) is 0 Å². The van der Waals surface area contributed by atoms with E-state index in [9.17, 15) is 18.0 Å². The van der Waals surface area contributed by atoms with E-state index in [1.165, 1.54) is 22.8 Å². The summed E-state index contributed by atoms with van der Waals surface area (Å²) in [5.41, 5.74) is 4.87. The highest BCUT2D eigenvalue weighted by molar-refractivity contribution is 5.87.